The van der Waals surface area contributed by atoms with Crippen molar-refractivity contribution >= 4 is 17.8 Å². The van der Waals surface area contributed by atoms with Crippen molar-refractivity contribution in [2.24, 2.45) is 11.5 Å². The Hall–Kier alpha value is -2.57. The highest BCUT2D eigenvalue weighted by molar-refractivity contribution is 5.89. The Bertz CT molecular complexity index is 489. The third-order valence-corrected chi connectivity index (χ3v) is 2.75. The number of nitrogens with one attached hydrogen (secondary N) is 2. The summed E-state index contributed by atoms with van der Waals surface area (Å²) >= 11 is 0. The molecule has 0 bridgehead atoms. The maximum absolute atomic E-state index is 11.8. The van der Waals surface area contributed by atoms with E-state index in [-0.39, 0.29) is 12.5 Å². The maximum atomic E-state index is 11.8. The van der Waals surface area contributed by atoms with Crippen LogP contribution in [0.25, 0.3) is 0 Å². The van der Waals surface area contributed by atoms with E-state index in [4.69, 9.17) is 16.9 Å². The first kappa shape index (κ1) is 15.5. The summed E-state index contributed by atoms with van der Waals surface area (Å²) in [5.41, 5.74) is 11.4. The fraction of sp³-hybridized carbons (Fsp3) is 0.308. The molecule has 0 saturated heterocycles. The van der Waals surface area contributed by atoms with Gasteiger partial charge in [-0.1, -0.05) is 30.3 Å². The lowest BCUT2D eigenvalue weighted by Crippen LogP contribution is -2.49. The zero-order chi connectivity index (χ0) is 15.1. The zero-order valence-corrected chi connectivity index (χ0v) is 11.3. The molecule has 6 N–H and O–H groups in total. The van der Waals surface area contributed by atoms with Gasteiger partial charge in [0.2, 0.25) is 11.8 Å². The van der Waals surface area contributed by atoms with E-state index in [2.05, 4.69) is 5.32 Å². The van der Waals surface area contributed by atoms with Crippen LogP contribution in [0.15, 0.2) is 30.3 Å². The number of nitrogens with two attached hydrogens (primary N) is 2. The van der Waals surface area contributed by atoms with E-state index < -0.39 is 17.9 Å². The maximum Gasteiger partial charge on any atom is 0.240 e. The first-order valence-electron chi connectivity index (χ1n) is 6.08. The molecule has 108 valence electrons. The molecule has 0 aliphatic heterocycles. The molecule has 2 amide bonds. The lowest BCUT2D eigenvalue weighted by atomic mass is 10.1. The summed E-state index contributed by atoms with van der Waals surface area (Å²) in [6.45, 7) is -0.103. The first-order chi connectivity index (χ1) is 9.40. The second-order valence-corrected chi connectivity index (χ2v) is 4.45. The van der Waals surface area contributed by atoms with Crippen molar-refractivity contribution in [2.45, 2.75) is 12.5 Å². The minimum absolute atomic E-state index is 0.103. The summed E-state index contributed by atoms with van der Waals surface area (Å²) in [4.78, 5) is 24.4. The van der Waals surface area contributed by atoms with E-state index in [1.807, 2.05) is 30.3 Å². The molecule has 0 spiro atoms. The molecule has 0 saturated carbocycles. The minimum Gasteiger partial charge on any atom is -0.370 e. The van der Waals surface area contributed by atoms with Crippen LogP contribution in [-0.2, 0) is 16.0 Å². The summed E-state index contributed by atoms with van der Waals surface area (Å²) < 4.78 is 0. The Morgan fingerprint density at radius 1 is 1.30 bits per heavy atom. The normalized spacial score (nSPS) is 11.4. The zero-order valence-electron chi connectivity index (χ0n) is 11.3. The Kier molecular flexibility index (Phi) is 5.52. The average Bonchev–Trinajstić information content (AvgIpc) is 2.38. The van der Waals surface area contributed by atoms with Crippen LogP contribution in [-0.4, -0.2) is 42.3 Å². The van der Waals surface area contributed by atoms with Gasteiger partial charge in [-0.05, 0) is 5.56 Å². The van der Waals surface area contributed by atoms with Gasteiger partial charge < -0.3 is 21.7 Å². The topological polar surface area (TPSA) is 125 Å². The number of benzene rings is 1. The fourth-order valence-corrected chi connectivity index (χ4v) is 1.61. The molecule has 0 aliphatic carbocycles. The van der Waals surface area contributed by atoms with Gasteiger partial charge in [0, 0.05) is 13.5 Å². The van der Waals surface area contributed by atoms with Crippen molar-refractivity contribution in [2.75, 3.05) is 13.6 Å². The molecule has 7 heteroatoms. The van der Waals surface area contributed by atoms with E-state index in [0.717, 1.165) is 5.56 Å². The predicted octanol–water partition coefficient (Wildman–Crippen LogP) is -0.976. The number of amides is 2. The van der Waals surface area contributed by atoms with Crippen LogP contribution in [0.1, 0.15) is 5.56 Å². The Morgan fingerprint density at radius 3 is 2.40 bits per heavy atom. The van der Waals surface area contributed by atoms with Crippen LogP contribution >= 0.6 is 0 Å². The van der Waals surface area contributed by atoms with Crippen molar-refractivity contribution in [3.63, 3.8) is 0 Å². The molecule has 0 unspecified atom stereocenters. The van der Waals surface area contributed by atoms with Crippen LogP contribution in [0.3, 0.4) is 0 Å². The minimum atomic E-state index is -0.787. The van der Waals surface area contributed by atoms with Crippen molar-refractivity contribution in [3.05, 3.63) is 35.9 Å². The van der Waals surface area contributed by atoms with Gasteiger partial charge in [0.25, 0.3) is 0 Å². The number of rotatable bonds is 6. The average molecular weight is 277 g/mol. The van der Waals surface area contributed by atoms with E-state index in [0.29, 0.717) is 6.42 Å². The van der Waals surface area contributed by atoms with E-state index in [1.165, 1.54) is 11.9 Å². The molecule has 7 nitrogen and oxygen atoms in total. The van der Waals surface area contributed by atoms with Gasteiger partial charge in [0.15, 0.2) is 5.96 Å². The molecule has 20 heavy (non-hydrogen) atoms. The fourth-order valence-electron chi connectivity index (χ4n) is 1.61. The smallest absolute Gasteiger partial charge is 0.240 e. The first-order valence-corrected chi connectivity index (χ1v) is 6.08. The third-order valence-electron chi connectivity index (χ3n) is 2.75. The summed E-state index contributed by atoms with van der Waals surface area (Å²) in [6.07, 6.45) is 0.325. The number of nitrogens with zero attached hydrogens (tertiary/aromatic N) is 1. The SMILES string of the molecule is CN(CC(=O)N[C@@H](Cc1ccccc1)C(N)=O)C(=N)N. The number of carbonyl (C=O) groups excluding carboxylic acids is 2. The molecule has 0 heterocycles. The predicted molar refractivity (Wildman–Crippen MR) is 75.8 cm³/mol. The van der Waals surface area contributed by atoms with Crippen molar-refractivity contribution in [3.8, 4) is 0 Å². The van der Waals surface area contributed by atoms with Gasteiger partial charge in [0.05, 0.1) is 6.54 Å². The molecule has 1 aromatic carbocycles. The second kappa shape index (κ2) is 7.13. The van der Waals surface area contributed by atoms with Crippen molar-refractivity contribution in [1.82, 2.24) is 10.2 Å². The molecule has 0 fully saturated rings. The number of guanidine groups is 1. The number of primary amides is 1. The molecular formula is C13H19N5O2. The number of carbonyl (C=O) groups is 2. The molecule has 0 aliphatic rings. The molecule has 1 aromatic rings. The molecule has 1 rings (SSSR count). The van der Waals surface area contributed by atoms with Crippen LogP contribution in [0, 0.1) is 5.41 Å². The van der Waals surface area contributed by atoms with E-state index in [1.54, 1.807) is 0 Å². The van der Waals surface area contributed by atoms with Gasteiger partial charge in [0.1, 0.15) is 6.04 Å². The quantitative estimate of drug-likeness (QED) is 0.394. The third kappa shape index (κ3) is 4.97. The highest BCUT2D eigenvalue weighted by atomic mass is 16.2. The Morgan fingerprint density at radius 2 is 1.90 bits per heavy atom. The Labute approximate surface area is 117 Å². The Balaban J connectivity index is 2.62. The van der Waals surface area contributed by atoms with Crippen molar-refractivity contribution in [1.29, 1.82) is 5.41 Å². The van der Waals surface area contributed by atoms with E-state index in [9.17, 15) is 9.59 Å². The van der Waals surface area contributed by atoms with Gasteiger partial charge in [-0.15, -0.1) is 0 Å². The van der Waals surface area contributed by atoms with Gasteiger partial charge in [-0.25, -0.2) is 0 Å². The highest BCUT2D eigenvalue weighted by Gasteiger charge is 2.19. The summed E-state index contributed by atoms with van der Waals surface area (Å²) in [7, 11) is 1.51. The number of likely N-dealkylation sites (N-methyl/N-ethyl adjacent to an activating group) is 1. The van der Waals surface area contributed by atoms with Crippen LogP contribution in [0.4, 0.5) is 0 Å². The highest BCUT2D eigenvalue weighted by Crippen LogP contribution is 2.03. The molecule has 1 atom stereocenters. The molecule has 0 aromatic heterocycles. The second-order valence-electron chi connectivity index (χ2n) is 4.45. The number of hydrogen-bond donors (Lipinski definition) is 4. The molecular weight excluding hydrogens is 258 g/mol. The standard InChI is InChI=1S/C13H19N5O2/c1-18(13(15)16)8-11(19)17-10(12(14)20)7-9-5-3-2-4-6-9/h2-6,10H,7-8H2,1H3,(H2,14,20)(H3,15,16)(H,17,19)/t10-/m0/s1. The molecule has 0 radical (unpaired) electrons. The van der Waals surface area contributed by atoms with Crippen molar-refractivity contribution < 1.29 is 9.59 Å². The summed E-state index contributed by atoms with van der Waals surface area (Å²) in [5, 5.41) is 9.72. The monoisotopic (exact) mass is 277 g/mol. The van der Waals surface area contributed by atoms with Gasteiger partial charge >= 0.3 is 0 Å². The van der Waals surface area contributed by atoms with Crippen LogP contribution < -0.4 is 16.8 Å². The summed E-state index contributed by atoms with van der Waals surface area (Å²) in [5.74, 6) is -1.24. The van der Waals surface area contributed by atoms with E-state index >= 15 is 0 Å². The number of hydrogen-bond acceptors (Lipinski definition) is 3. The van der Waals surface area contributed by atoms with Crippen LogP contribution in [0.5, 0.6) is 0 Å². The largest absolute Gasteiger partial charge is 0.370 e. The van der Waals surface area contributed by atoms with Crippen LogP contribution in [0.2, 0.25) is 0 Å². The lowest BCUT2D eigenvalue weighted by molar-refractivity contribution is -0.127. The van der Waals surface area contributed by atoms with Gasteiger partial charge in [-0.2, -0.15) is 0 Å². The summed E-state index contributed by atoms with van der Waals surface area (Å²) in [6, 6.07) is 8.47. The lowest BCUT2D eigenvalue weighted by Gasteiger charge is -2.19. The van der Waals surface area contributed by atoms with Gasteiger partial charge in [-0.3, -0.25) is 15.0 Å².